The van der Waals surface area contributed by atoms with Crippen molar-refractivity contribution in [3.05, 3.63) is 29.0 Å². The Morgan fingerprint density at radius 1 is 1.32 bits per heavy atom. The smallest absolute Gasteiger partial charge is 0.303 e. The Hall–Kier alpha value is -2.55. The van der Waals surface area contributed by atoms with Crippen molar-refractivity contribution in [2.45, 2.75) is 20.0 Å². The van der Waals surface area contributed by atoms with E-state index in [0.29, 0.717) is 30.3 Å². The van der Waals surface area contributed by atoms with E-state index in [1.807, 2.05) is 12.1 Å². The molecule has 1 N–H and O–H groups in total. The molecule has 0 fully saturated rings. The molecule has 2 heterocycles. The van der Waals surface area contributed by atoms with E-state index >= 15 is 0 Å². The second-order valence-electron chi connectivity index (χ2n) is 5.42. The number of fused-ring (bicyclic) bond motifs is 1. The number of aromatic nitrogens is 2. The predicted octanol–water partition coefficient (Wildman–Crippen LogP) is 1.95. The third kappa shape index (κ3) is 3.60. The fourth-order valence-electron chi connectivity index (χ4n) is 2.51. The maximum Gasteiger partial charge on any atom is 0.303 e. The van der Waals surface area contributed by atoms with Crippen LogP contribution in [0.15, 0.2) is 34.0 Å². The molecule has 1 atom stereocenters. The molecular formula is C16H16BrN5O3. The number of hydrogen-bond donors (Lipinski definition) is 1. The minimum Gasteiger partial charge on any atom is -0.453 e. The zero-order chi connectivity index (χ0) is 18.0. The van der Waals surface area contributed by atoms with E-state index in [2.05, 4.69) is 36.2 Å². The number of benzene rings is 1. The molecule has 2 aromatic rings. The van der Waals surface area contributed by atoms with E-state index < -0.39 is 12.1 Å². The molecule has 1 aromatic carbocycles. The van der Waals surface area contributed by atoms with Gasteiger partial charge in [0.05, 0.1) is 22.2 Å². The third-order valence-electron chi connectivity index (χ3n) is 3.62. The summed E-state index contributed by atoms with van der Waals surface area (Å²) >= 11 is 3.51. The monoisotopic (exact) mass is 405 g/mol. The molecule has 9 heteroatoms. The van der Waals surface area contributed by atoms with Crippen molar-refractivity contribution in [3.8, 4) is 0 Å². The number of carbonyl (C=O) groups is 2. The van der Waals surface area contributed by atoms with Crippen molar-refractivity contribution in [2.24, 2.45) is 4.99 Å². The highest BCUT2D eigenvalue weighted by atomic mass is 79.9. The maximum atomic E-state index is 12.5. The van der Waals surface area contributed by atoms with E-state index in [1.165, 1.54) is 11.8 Å². The molecule has 0 aliphatic carbocycles. The van der Waals surface area contributed by atoms with Crippen molar-refractivity contribution in [2.75, 3.05) is 18.4 Å². The van der Waals surface area contributed by atoms with Gasteiger partial charge in [0, 0.05) is 25.9 Å². The van der Waals surface area contributed by atoms with Gasteiger partial charge in [0.1, 0.15) is 5.52 Å². The van der Waals surface area contributed by atoms with Crippen molar-refractivity contribution in [1.29, 1.82) is 0 Å². The number of guanidine groups is 1. The topological polar surface area (TPSA) is 96.8 Å². The van der Waals surface area contributed by atoms with E-state index in [4.69, 9.17) is 4.74 Å². The molecule has 1 aliphatic rings. The van der Waals surface area contributed by atoms with Crippen LogP contribution in [0.2, 0.25) is 0 Å². The molecule has 0 saturated carbocycles. The Kier molecular flexibility index (Phi) is 4.93. The van der Waals surface area contributed by atoms with Crippen LogP contribution < -0.4 is 5.32 Å². The lowest BCUT2D eigenvalue weighted by Gasteiger charge is -2.23. The molecule has 0 radical (unpaired) electrons. The molecule has 1 aromatic heterocycles. The van der Waals surface area contributed by atoms with Gasteiger partial charge in [-0.05, 0) is 35.0 Å². The molecule has 1 aliphatic heterocycles. The summed E-state index contributed by atoms with van der Waals surface area (Å²) in [5.74, 6) is -0.411. The van der Waals surface area contributed by atoms with E-state index in [-0.39, 0.29) is 5.91 Å². The number of nitrogens with zero attached hydrogens (tertiary/aromatic N) is 4. The number of nitrogens with one attached hydrogen (secondary N) is 1. The highest BCUT2D eigenvalue weighted by molar-refractivity contribution is 9.10. The van der Waals surface area contributed by atoms with Gasteiger partial charge in [-0.1, -0.05) is 0 Å². The lowest BCUT2D eigenvalue weighted by atomic mass is 10.2. The second-order valence-corrected chi connectivity index (χ2v) is 6.22. The van der Waals surface area contributed by atoms with E-state index in [1.54, 1.807) is 19.3 Å². The number of carbonyl (C=O) groups excluding carboxylic acids is 2. The number of halogens is 1. The molecule has 25 heavy (non-hydrogen) atoms. The average molecular weight is 406 g/mol. The number of aliphatic imine (C=N–C) groups is 1. The quantitative estimate of drug-likeness (QED) is 0.783. The first-order chi connectivity index (χ1) is 12.0. The van der Waals surface area contributed by atoms with Crippen LogP contribution in [0.4, 0.5) is 5.69 Å². The summed E-state index contributed by atoms with van der Waals surface area (Å²) in [7, 11) is 0. The summed E-state index contributed by atoms with van der Waals surface area (Å²) in [4.78, 5) is 37.9. The van der Waals surface area contributed by atoms with E-state index in [9.17, 15) is 9.59 Å². The maximum absolute atomic E-state index is 12.5. The summed E-state index contributed by atoms with van der Waals surface area (Å²) in [6, 6.07) is 3.67. The SMILES string of the molecule is CC(=O)O[C@@H](C)C(=O)N1CCN=C1Nc1ccc2nccnc2c1Br. The van der Waals surface area contributed by atoms with Gasteiger partial charge in [0.25, 0.3) is 5.91 Å². The lowest BCUT2D eigenvalue weighted by molar-refractivity contribution is -0.155. The first kappa shape index (κ1) is 17.3. The first-order valence-electron chi connectivity index (χ1n) is 7.66. The summed E-state index contributed by atoms with van der Waals surface area (Å²) in [5.41, 5.74) is 2.17. The number of anilines is 1. The predicted molar refractivity (Wildman–Crippen MR) is 96.1 cm³/mol. The fourth-order valence-corrected chi connectivity index (χ4v) is 3.04. The summed E-state index contributed by atoms with van der Waals surface area (Å²) in [6.07, 6.45) is 2.37. The van der Waals surface area contributed by atoms with Crippen LogP contribution in [-0.4, -0.2) is 51.9 Å². The van der Waals surface area contributed by atoms with Gasteiger partial charge in [-0.25, -0.2) is 0 Å². The standard InChI is InChI=1S/C16H16BrN5O3/c1-9(25-10(2)23)15(24)22-8-7-20-16(22)21-11-3-4-12-14(13(11)17)19-6-5-18-12/h3-6,9H,7-8H2,1-2H3,(H,20,21)/t9-/m0/s1. The fraction of sp³-hybridized carbons (Fsp3) is 0.312. The van der Waals surface area contributed by atoms with Crippen LogP contribution in [0.25, 0.3) is 11.0 Å². The van der Waals surface area contributed by atoms with Crippen LogP contribution in [0, 0.1) is 0 Å². The summed E-state index contributed by atoms with van der Waals surface area (Å²) in [6.45, 7) is 3.72. The zero-order valence-corrected chi connectivity index (χ0v) is 15.3. The second kappa shape index (κ2) is 7.14. The minimum atomic E-state index is -0.867. The molecular weight excluding hydrogens is 390 g/mol. The molecule has 0 bridgehead atoms. The van der Waals surface area contributed by atoms with E-state index in [0.717, 1.165) is 9.99 Å². The number of ether oxygens (including phenoxy) is 1. The lowest BCUT2D eigenvalue weighted by Crippen LogP contribution is -2.44. The Labute approximate surface area is 152 Å². The van der Waals surface area contributed by atoms with Crippen LogP contribution in [0.5, 0.6) is 0 Å². The number of rotatable bonds is 3. The first-order valence-corrected chi connectivity index (χ1v) is 8.46. The Balaban J connectivity index is 1.81. The molecule has 8 nitrogen and oxygen atoms in total. The van der Waals surface area contributed by atoms with Gasteiger partial charge < -0.3 is 10.1 Å². The van der Waals surface area contributed by atoms with Gasteiger partial charge >= 0.3 is 5.97 Å². The molecule has 1 amide bonds. The highest BCUT2D eigenvalue weighted by Crippen LogP contribution is 2.29. The van der Waals surface area contributed by atoms with Crippen LogP contribution in [0.1, 0.15) is 13.8 Å². The highest BCUT2D eigenvalue weighted by Gasteiger charge is 2.29. The molecule has 0 saturated heterocycles. The largest absolute Gasteiger partial charge is 0.453 e. The number of hydrogen-bond acceptors (Lipinski definition) is 7. The summed E-state index contributed by atoms with van der Waals surface area (Å²) < 4.78 is 5.69. The Bertz CT molecular complexity index is 870. The van der Waals surface area contributed by atoms with Crippen molar-refractivity contribution in [3.63, 3.8) is 0 Å². The summed E-state index contributed by atoms with van der Waals surface area (Å²) in [5, 5.41) is 3.14. The van der Waals surface area contributed by atoms with Crippen LogP contribution >= 0.6 is 15.9 Å². The molecule has 0 spiro atoms. The van der Waals surface area contributed by atoms with Crippen molar-refractivity contribution in [1.82, 2.24) is 14.9 Å². The van der Waals surface area contributed by atoms with Gasteiger partial charge in [-0.3, -0.25) is 29.4 Å². The zero-order valence-electron chi connectivity index (χ0n) is 13.7. The van der Waals surface area contributed by atoms with Crippen molar-refractivity contribution < 1.29 is 14.3 Å². The average Bonchev–Trinajstić information content (AvgIpc) is 3.04. The molecule has 130 valence electrons. The third-order valence-corrected chi connectivity index (χ3v) is 4.43. The minimum absolute atomic E-state index is 0.323. The van der Waals surface area contributed by atoms with Crippen LogP contribution in [-0.2, 0) is 14.3 Å². The van der Waals surface area contributed by atoms with Gasteiger partial charge in [-0.15, -0.1) is 0 Å². The Morgan fingerprint density at radius 2 is 2.08 bits per heavy atom. The molecule has 0 unspecified atom stereocenters. The van der Waals surface area contributed by atoms with Gasteiger partial charge in [0.15, 0.2) is 6.10 Å². The Morgan fingerprint density at radius 3 is 2.84 bits per heavy atom. The van der Waals surface area contributed by atoms with Gasteiger partial charge in [0.2, 0.25) is 5.96 Å². The van der Waals surface area contributed by atoms with Crippen LogP contribution in [0.3, 0.4) is 0 Å². The molecule has 3 rings (SSSR count). The van der Waals surface area contributed by atoms with Crippen molar-refractivity contribution >= 4 is 50.5 Å². The number of amides is 1. The van der Waals surface area contributed by atoms with Gasteiger partial charge in [-0.2, -0.15) is 0 Å². The normalized spacial score (nSPS) is 15.0. The number of esters is 1.